The number of benzene rings is 2. The summed E-state index contributed by atoms with van der Waals surface area (Å²) in [7, 11) is 1.60. The SMILES string of the molecule is CCCCC(CC)C(=O)Nc1cccc(C(=O)Nc2ccc(OC)cc2)c1. The van der Waals surface area contributed by atoms with Gasteiger partial charge in [0.15, 0.2) is 0 Å². The Bertz CT molecular complexity index is 756. The summed E-state index contributed by atoms with van der Waals surface area (Å²) in [5, 5.41) is 5.79. The number of methoxy groups -OCH3 is 1. The fourth-order valence-electron chi connectivity index (χ4n) is 2.83. The van der Waals surface area contributed by atoms with Crippen molar-refractivity contribution in [2.45, 2.75) is 39.5 Å². The zero-order valence-electron chi connectivity index (χ0n) is 16.2. The number of carbonyl (C=O) groups excluding carboxylic acids is 2. The average Bonchev–Trinajstić information content (AvgIpc) is 2.69. The minimum absolute atomic E-state index is 0.00160. The van der Waals surface area contributed by atoms with Crippen LogP contribution in [0.1, 0.15) is 49.9 Å². The van der Waals surface area contributed by atoms with E-state index in [9.17, 15) is 9.59 Å². The van der Waals surface area contributed by atoms with E-state index in [4.69, 9.17) is 4.74 Å². The van der Waals surface area contributed by atoms with E-state index < -0.39 is 0 Å². The lowest BCUT2D eigenvalue weighted by atomic mass is 9.98. The summed E-state index contributed by atoms with van der Waals surface area (Å²) >= 11 is 0. The molecule has 0 saturated heterocycles. The third-order valence-electron chi connectivity index (χ3n) is 4.51. The van der Waals surface area contributed by atoms with Crippen molar-refractivity contribution in [3.8, 4) is 5.75 Å². The van der Waals surface area contributed by atoms with Crippen LogP contribution in [0.5, 0.6) is 5.75 Å². The molecule has 0 saturated carbocycles. The first kappa shape index (κ1) is 20.5. The van der Waals surface area contributed by atoms with Crippen LogP contribution in [0.4, 0.5) is 11.4 Å². The Balaban J connectivity index is 2.02. The van der Waals surface area contributed by atoms with Crippen molar-refractivity contribution in [3.05, 3.63) is 54.1 Å². The van der Waals surface area contributed by atoms with Gasteiger partial charge in [-0.1, -0.05) is 32.8 Å². The zero-order valence-corrected chi connectivity index (χ0v) is 16.2. The molecule has 2 N–H and O–H groups in total. The summed E-state index contributed by atoms with van der Waals surface area (Å²) in [6.45, 7) is 4.15. The molecule has 0 aliphatic heterocycles. The number of hydrogen-bond acceptors (Lipinski definition) is 3. The van der Waals surface area contributed by atoms with Gasteiger partial charge in [0.1, 0.15) is 5.75 Å². The molecule has 144 valence electrons. The molecule has 0 radical (unpaired) electrons. The summed E-state index contributed by atoms with van der Waals surface area (Å²) in [6, 6.07) is 14.1. The molecule has 2 aromatic rings. The van der Waals surface area contributed by atoms with Crippen molar-refractivity contribution >= 4 is 23.2 Å². The highest BCUT2D eigenvalue weighted by Gasteiger charge is 2.16. The van der Waals surface area contributed by atoms with Gasteiger partial charge in [-0.3, -0.25) is 9.59 Å². The van der Waals surface area contributed by atoms with E-state index in [2.05, 4.69) is 17.6 Å². The maximum atomic E-state index is 12.5. The highest BCUT2D eigenvalue weighted by atomic mass is 16.5. The minimum Gasteiger partial charge on any atom is -0.497 e. The van der Waals surface area contributed by atoms with Crippen molar-refractivity contribution in [1.82, 2.24) is 0 Å². The standard InChI is InChI=1S/C22H28N2O3/c1-4-6-8-16(5-2)21(25)24-19-10-7-9-17(15-19)22(26)23-18-11-13-20(27-3)14-12-18/h7,9-16H,4-6,8H2,1-3H3,(H,23,26)(H,24,25). The number of rotatable bonds is 9. The lowest BCUT2D eigenvalue weighted by Crippen LogP contribution is -2.22. The zero-order chi connectivity index (χ0) is 19.6. The van der Waals surface area contributed by atoms with Gasteiger partial charge in [0.05, 0.1) is 7.11 Å². The molecule has 0 aliphatic rings. The molecule has 2 aromatic carbocycles. The topological polar surface area (TPSA) is 67.4 Å². The molecule has 0 aliphatic carbocycles. The predicted molar refractivity (Wildman–Crippen MR) is 109 cm³/mol. The van der Waals surface area contributed by atoms with Crippen LogP contribution in [-0.2, 0) is 4.79 Å². The number of nitrogens with one attached hydrogen (secondary N) is 2. The Hall–Kier alpha value is -2.82. The quantitative estimate of drug-likeness (QED) is 0.647. The Morgan fingerprint density at radius 2 is 1.74 bits per heavy atom. The molecular formula is C22H28N2O3. The number of carbonyl (C=O) groups is 2. The number of amides is 2. The summed E-state index contributed by atoms with van der Waals surface area (Å²) in [5.74, 6) is 0.515. The first-order chi connectivity index (χ1) is 13.1. The third-order valence-corrected chi connectivity index (χ3v) is 4.51. The molecule has 0 aromatic heterocycles. The van der Waals surface area contributed by atoms with Crippen LogP contribution in [0, 0.1) is 5.92 Å². The summed E-state index contributed by atoms with van der Waals surface area (Å²) in [4.78, 5) is 24.9. The number of unbranched alkanes of at least 4 members (excludes halogenated alkanes) is 1. The van der Waals surface area contributed by atoms with Crippen LogP contribution < -0.4 is 15.4 Å². The fraction of sp³-hybridized carbons (Fsp3) is 0.364. The first-order valence-corrected chi connectivity index (χ1v) is 9.43. The van der Waals surface area contributed by atoms with Crippen LogP contribution in [0.15, 0.2) is 48.5 Å². The Morgan fingerprint density at radius 1 is 1.00 bits per heavy atom. The molecule has 1 unspecified atom stereocenters. The van der Waals surface area contributed by atoms with Gasteiger partial charge >= 0.3 is 0 Å². The number of ether oxygens (including phenoxy) is 1. The van der Waals surface area contributed by atoms with E-state index in [0.717, 1.165) is 31.4 Å². The minimum atomic E-state index is -0.228. The van der Waals surface area contributed by atoms with Crippen LogP contribution >= 0.6 is 0 Å². The predicted octanol–water partition coefficient (Wildman–Crippen LogP) is 5.10. The van der Waals surface area contributed by atoms with E-state index >= 15 is 0 Å². The maximum Gasteiger partial charge on any atom is 0.255 e. The Labute approximate surface area is 161 Å². The Morgan fingerprint density at radius 3 is 2.37 bits per heavy atom. The summed E-state index contributed by atoms with van der Waals surface area (Å²) < 4.78 is 5.11. The lowest BCUT2D eigenvalue weighted by molar-refractivity contribution is -0.120. The lowest BCUT2D eigenvalue weighted by Gasteiger charge is -2.15. The first-order valence-electron chi connectivity index (χ1n) is 9.43. The van der Waals surface area contributed by atoms with Crippen LogP contribution in [0.25, 0.3) is 0 Å². The normalized spacial score (nSPS) is 11.5. The van der Waals surface area contributed by atoms with Crippen molar-refractivity contribution in [2.24, 2.45) is 5.92 Å². The second-order valence-electron chi connectivity index (χ2n) is 6.50. The molecule has 0 spiro atoms. The van der Waals surface area contributed by atoms with Gasteiger partial charge in [-0.05, 0) is 55.3 Å². The average molecular weight is 368 g/mol. The van der Waals surface area contributed by atoms with Crippen molar-refractivity contribution in [3.63, 3.8) is 0 Å². The monoisotopic (exact) mass is 368 g/mol. The van der Waals surface area contributed by atoms with Crippen molar-refractivity contribution in [1.29, 1.82) is 0 Å². The highest BCUT2D eigenvalue weighted by molar-refractivity contribution is 6.05. The van der Waals surface area contributed by atoms with Gasteiger partial charge in [0.2, 0.25) is 5.91 Å². The largest absolute Gasteiger partial charge is 0.497 e. The van der Waals surface area contributed by atoms with E-state index in [1.165, 1.54) is 0 Å². The molecule has 0 bridgehead atoms. The van der Waals surface area contributed by atoms with E-state index in [1.54, 1.807) is 55.6 Å². The molecule has 1 atom stereocenters. The van der Waals surface area contributed by atoms with Crippen molar-refractivity contribution < 1.29 is 14.3 Å². The second kappa shape index (κ2) is 10.4. The summed E-state index contributed by atoms with van der Waals surface area (Å²) in [5.41, 5.74) is 1.81. The highest BCUT2D eigenvalue weighted by Crippen LogP contribution is 2.19. The maximum absolute atomic E-state index is 12.5. The van der Waals surface area contributed by atoms with Gasteiger partial charge < -0.3 is 15.4 Å². The van der Waals surface area contributed by atoms with Gasteiger partial charge in [-0.25, -0.2) is 0 Å². The molecule has 0 fully saturated rings. The van der Waals surface area contributed by atoms with Crippen LogP contribution in [0.3, 0.4) is 0 Å². The van der Waals surface area contributed by atoms with Gasteiger partial charge in [-0.15, -0.1) is 0 Å². The van der Waals surface area contributed by atoms with E-state index in [1.807, 2.05) is 6.92 Å². The van der Waals surface area contributed by atoms with Gasteiger partial charge in [-0.2, -0.15) is 0 Å². The molecule has 27 heavy (non-hydrogen) atoms. The molecule has 0 heterocycles. The fourth-order valence-corrected chi connectivity index (χ4v) is 2.83. The smallest absolute Gasteiger partial charge is 0.255 e. The second-order valence-corrected chi connectivity index (χ2v) is 6.50. The molecule has 5 nitrogen and oxygen atoms in total. The van der Waals surface area contributed by atoms with E-state index in [0.29, 0.717) is 16.9 Å². The van der Waals surface area contributed by atoms with Gasteiger partial charge in [0.25, 0.3) is 5.91 Å². The van der Waals surface area contributed by atoms with Crippen LogP contribution in [0.2, 0.25) is 0 Å². The molecule has 2 amide bonds. The number of anilines is 2. The van der Waals surface area contributed by atoms with Crippen molar-refractivity contribution in [2.75, 3.05) is 17.7 Å². The van der Waals surface area contributed by atoms with Gasteiger partial charge in [0, 0.05) is 22.9 Å². The molecule has 5 heteroatoms. The van der Waals surface area contributed by atoms with E-state index in [-0.39, 0.29) is 17.7 Å². The molecular weight excluding hydrogens is 340 g/mol. The summed E-state index contributed by atoms with van der Waals surface area (Å²) in [6.07, 6.45) is 3.81. The number of hydrogen-bond donors (Lipinski definition) is 2. The Kier molecular flexibility index (Phi) is 7.86. The molecule has 2 rings (SSSR count). The third kappa shape index (κ3) is 6.13. The van der Waals surface area contributed by atoms with Crippen LogP contribution in [-0.4, -0.2) is 18.9 Å².